The number of nitrogens with zero attached hydrogens (tertiary/aromatic N) is 3. The number of nitrogens with one attached hydrogen (secondary N) is 1. The molecule has 5 nitrogen and oxygen atoms in total. The molecule has 0 saturated heterocycles. The summed E-state index contributed by atoms with van der Waals surface area (Å²) in [4.78, 5) is 11.6. The van der Waals surface area contributed by atoms with Gasteiger partial charge in [0.1, 0.15) is 10.0 Å². The van der Waals surface area contributed by atoms with Crippen LogP contribution in [0.5, 0.6) is 0 Å². The Labute approximate surface area is 116 Å². The summed E-state index contributed by atoms with van der Waals surface area (Å²) in [5, 5.41) is 13.4. The predicted molar refractivity (Wildman–Crippen MR) is 77.2 cm³/mol. The van der Waals surface area contributed by atoms with Crippen molar-refractivity contribution in [3.8, 4) is 10.6 Å². The molecule has 0 aliphatic carbocycles. The first kappa shape index (κ1) is 13.9. The second-order valence-corrected chi connectivity index (χ2v) is 6.53. The molecule has 6 heteroatoms. The van der Waals surface area contributed by atoms with Crippen LogP contribution in [-0.2, 0) is 13.6 Å². The van der Waals surface area contributed by atoms with Crippen molar-refractivity contribution in [2.75, 3.05) is 0 Å². The summed E-state index contributed by atoms with van der Waals surface area (Å²) < 4.78 is 1.53. The largest absolute Gasteiger partial charge is 0.319 e. The Hall–Kier alpha value is -1.53. The maximum atomic E-state index is 11.6. The van der Waals surface area contributed by atoms with Gasteiger partial charge in [-0.25, -0.2) is 0 Å². The van der Waals surface area contributed by atoms with Gasteiger partial charge in [0.15, 0.2) is 0 Å². The Kier molecular flexibility index (Phi) is 3.82. The van der Waals surface area contributed by atoms with Gasteiger partial charge in [-0.3, -0.25) is 4.79 Å². The number of aryl methyl sites for hydroxylation is 1. The molecule has 0 amide bonds. The summed E-state index contributed by atoms with van der Waals surface area (Å²) in [6.45, 7) is 7.01. The van der Waals surface area contributed by atoms with E-state index in [2.05, 4.69) is 36.3 Å². The van der Waals surface area contributed by atoms with Crippen LogP contribution >= 0.6 is 11.3 Å². The molecule has 0 aromatic carbocycles. The highest BCUT2D eigenvalue weighted by Crippen LogP contribution is 2.22. The van der Waals surface area contributed by atoms with Crippen LogP contribution in [-0.4, -0.2) is 20.3 Å². The Bertz CT molecular complexity index is 624. The van der Waals surface area contributed by atoms with E-state index in [-0.39, 0.29) is 11.1 Å². The van der Waals surface area contributed by atoms with Gasteiger partial charge in [-0.15, -0.1) is 10.2 Å². The minimum absolute atomic E-state index is 0.0398. The van der Waals surface area contributed by atoms with E-state index in [9.17, 15) is 4.79 Å². The summed E-state index contributed by atoms with van der Waals surface area (Å²) in [6.07, 6.45) is 1.74. The van der Waals surface area contributed by atoms with Crippen molar-refractivity contribution in [3.63, 3.8) is 0 Å². The standard InChI is InChI=1S/C13H18N4OS/c1-13(2,3)14-8-10-15-16-12(19-10)9-5-6-17(4)11(18)7-9/h5-7,14H,8H2,1-4H3. The number of aromatic nitrogens is 3. The van der Waals surface area contributed by atoms with Crippen LogP contribution in [0, 0.1) is 0 Å². The molecule has 0 radical (unpaired) electrons. The normalized spacial score (nSPS) is 11.8. The number of rotatable bonds is 3. The van der Waals surface area contributed by atoms with E-state index < -0.39 is 0 Å². The summed E-state index contributed by atoms with van der Waals surface area (Å²) in [6, 6.07) is 3.46. The molecular formula is C13H18N4OS. The highest BCUT2D eigenvalue weighted by Gasteiger charge is 2.12. The van der Waals surface area contributed by atoms with E-state index in [1.165, 1.54) is 15.9 Å². The van der Waals surface area contributed by atoms with Crippen molar-refractivity contribution in [2.24, 2.45) is 7.05 Å². The van der Waals surface area contributed by atoms with Crippen molar-refractivity contribution in [2.45, 2.75) is 32.9 Å². The molecule has 2 aromatic rings. The van der Waals surface area contributed by atoms with Gasteiger partial charge in [-0.1, -0.05) is 11.3 Å². The zero-order chi connectivity index (χ0) is 14.0. The monoisotopic (exact) mass is 278 g/mol. The highest BCUT2D eigenvalue weighted by atomic mass is 32.1. The number of hydrogen-bond donors (Lipinski definition) is 1. The Morgan fingerprint density at radius 3 is 2.74 bits per heavy atom. The Morgan fingerprint density at radius 2 is 2.11 bits per heavy atom. The molecule has 1 N–H and O–H groups in total. The van der Waals surface area contributed by atoms with Gasteiger partial charge in [0.05, 0.1) is 6.54 Å². The molecule has 2 heterocycles. The number of hydrogen-bond acceptors (Lipinski definition) is 5. The fraction of sp³-hybridized carbons (Fsp3) is 0.462. The topological polar surface area (TPSA) is 59.8 Å². The maximum absolute atomic E-state index is 11.6. The Morgan fingerprint density at radius 1 is 1.37 bits per heavy atom. The maximum Gasteiger partial charge on any atom is 0.250 e. The van der Waals surface area contributed by atoms with Crippen molar-refractivity contribution >= 4 is 11.3 Å². The first-order valence-corrected chi connectivity index (χ1v) is 6.91. The summed E-state index contributed by atoms with van der Waals surface area (Å²) >= 11 is 1.51. The van der Waals surface area contributed by atoms with Gasteiger partial charge >= 0.3 is 0 Å². The van der Waals surface area contributed by atoms with Crippen LogP contribution in [0.1, 0.15) is 25.8 Å². The van der Waals surface area contributed by atoms with Crippen LogP contribution in [0.15, 0.2) is 23.1 Å². The van der Waals surface area contributed by atoms with Crippen LogP contribution in [0.2, 0.25) is 0 Å². The molecule has 0 fully saturated rings. The van der Waals surface area contributed by atoms with E-state index >= 15 is 0 Å². The molecule has 0 spiro atoms. The van der Waals surface area contributed by atoms with Crippen molar-refractivity contribution < 1.29 is 0 Å². The summed E-state index contributed by atoms with van der Waals surface area (Å²) in [5.74, 6) is 0. The lowest BCUT2D eigenvalue weighted by Crippen LogP contribution is -2.35. The minimum atomic E-state index is -0.0398. The summed E-state index contributed by atoms with van der Waals surface area (Å²) in [7, 11) is 1.73. The van der Waals surface area contributed by atoms with Crippen LogP contribution in [0.25, 0.3) is 10.6 Å². The van der Waals surface area contributed by atoms with Gasteiger partial charge in [0.25, 0.3) is 5.56 Å². The summed E-state index contributed by atoms with van der Waals surface area (Å²) in [5.41, 5.74) is 0.832. The molecule has 102 valence electrons. The van der Waals surface area contributed by atoms with Crippen molar-refractivity contribution in [1.82, 2.24) is 20.1 Å². The van der Waals surface area contributed by atoms with E-state index in [4.69, 9.17) is 0 Å². The quantitative estimate of drug-likeness (QED) is 0.930. The molecule has 0 bridgehead atoms. The van der Waals surface area contributed by atoms with E-state index in [0.717, 1.165) is 15.6 Å². The molecule has 0 atom stereocenters. The highest BCUT2D eigenvalue weighted by molar-refractivity contribution is 7.14. The third-order valence-electron chi connectivity index (χ3n) is 2.59. The average molecular weight is 278 g/mol. The van der Waals surface area contributed by atoms with Gasteiger partial charge in [0.2, 0.25) is 0 Å². The lowest BCUT2D eigenvalue weighted by molar-refractivity contribution is 0.423. The molecule has 2 rings (SSSR count). The molecule has 0 aliphatic heterocycles. The molecule has 0 unspecified atom stereocenters. The second kappa shape index (κ2) is 5.22. The number of pyridine rings is 1. The first-order valence-electron chi connectivity index (χ1n) is 6.10. The lowest BCUT2D eigenvalue weighted by atomic mass is 10.1. The minimum Gasteiger partial charge on any atom is -0.319 e. The van der Waals surface area contributed by atoms with E-state index in [0.29, 0.717) is 6.54 Å². The molecule has 2 aromatic heterocycles. The van der Waals surface area contributed by atoms with Crippen molar-refractivity contribution in [1.29, 1.82) is 0 Å². The first-order chi connectivity index (χ1) is 8.85. The lowest BCUT2D eigenvalue weighted by Gasteiger charge is -2.19. The SMILES string of the molecule is Cn1ccc(-c2nnc(CNC(C)(C)C)s2)cc1=O. The average Bonchev–Trinajstić information content (AvgIpc) is 2.78. The smallest absolute Gasteiger partial charge is 0.250 e. The van der Waals surface area contributed by atoms with Crippen LogP contribution in [0.3, 0.4) is 0 Å². The molecule has 0 aliphatic rings. The fourth-order valence-corrected chi connectivity index (χ4v) is 2.24. The third kappa shape index (κ3) is 3.71. The van der Waals surface area contributed by atoms with Gasteiger partial charge in [0, 0.05) is 30.4 Å². The van der Waals surface area contributed by atoms with Gasteiger partial charge < -0.3 is 9.88 Å². The second-order valence-electron chi connectivity index (χ2n) is 5.47. The van der Waals surface area contributed by atoms with Crippen molar-refractivity contribution in [3.05, 3.63) is 33.7 Å². The van der Waals surface area contributed by atoms with Crippen LogP contribution in [0.4, 0.5) is 0 Å². The fourth-order valence-electron chi connectivity index (χ4n) is 1.46. The molecule has 19 heavy (non-hydrogen) atoms. The van der Waals surface area contributed by atoms with Crippen LogP contribution < -0.4 is 10.9 Å². The van der Waals surface area contributed by atoms with Gasteiger partial charge in [-0.2, -0.15) is 0 Å². The third-order valence-corrected chi connectivity index (χ3v) is 3.56. The molecular weight excluding hydrogens is 260 g/mol. The zero-order valence-corrected chi connectivity index (χ0v) is 12.4. The van der Waals surface area contributed by atoms with E-state index in [1.54, 1.807) is 19.3 Å². The Balaban J connectivity index is 2.16. The van der Waals surface area contributed by atoms with Gasteiger partial charge in [-0.05, 0) is 26.8 Å². The zero-order valence-electron chi connectivity index (χ0n) is 11.6. The predicted octanol–water partition coefficient (Wildman–Crippen LogP) is 1.79. The molecule has 0 saturated carbocycles. The van der Waals surface area contributed by atoms with E-state index in [1.807, 2.05) is 6.07 Å².